The Balaban J connectivity index is 0.00000200. The van der Waals surface area contributed by atoms with Crippen molar-refractivity contribution in [2.45, 2.75) is 64.0 Å². The van der Waals surface area contributed by atoms with Crippen LogP contribution in [-0.2, 0) is 11.2 Å². The van der Waals surface area contributed by atoms with Gasteiger partial charge in [-0.1, -0.05) is 0 Å². The van der Waals surface area contributed by atoms with E-state index in [9.17, 15) is 4.79 Å². The minimum atomic E-state index is 0. The molecule has 0 radical (unpaired) electrons. The first-order valence-electron chi connectivity index (χ1n) is 7.24. The fourth-order valence-corrected chi connectivity index (χ4v) is 3.54. The van der Waals surface area contributed by atoms with Gasteiger partial charge in [-0.05, 0) is 57.6 Å². The number of carbonyl (C=O) groups excluding carboxylic acids is 1. The molecule has 1 aromatic heterocycles. The van der Waals surface area contributed by atoms with Crippen molar-refractivity contribution in [3.05, 3.63) is 21.9 Å². The Hall–Kier alpha value is -0.580. The molecule has 0 saturated heterocycles. The van der Waals surface area contributed by atoms with E-state index in [1.807, 2.05) is 11.3 Å². The van der Waals surface area contributed by atoms with Crippen LogP contribution in [0.1, 0.15) is 48.3 Å². The molecule has 5 heteroatoms. The second-order valence-corrected chi connectivity index (χ2v) is 6.92. The summed E-state index contributed by atoms with van der Waals surface area (Å²) < 4.78 is 0. The van der Waals surface area contributed by atoms with Crippen LogP contribution in [0.3, 0.4) is 0 Å². The molecule has 0 bridgehead atoms. The second kappa shape index (κ2) is 8.65. The molecule has 0 atom stereocenters. The lowest BCUT2D eigenvalue weighted by Gasteiger charge is -2.26. The Kier molecular flexibility index (Phi) is 7.56. The summed E-state index contributed by atoms with van der Waals surface area (Å²) in [7, 11) is 0. The number of nitrogens with two attached hydrogens (primary N) is 1. The molecule has 1 amide bonds. The van der Waals surface area contributed by atoms with E-state index in [1.165, 1.54) is 9.75 Å². The average Bonchev–Trinajstić information content (AvgIpc) is 2.78. The Bertz CT molecular complexity index is 414. The van der Waals surface area contributed by atoms with Gasteiger partial charge in [-0.3, -0.25) is 4.79 Å². The molecule has 114 valence electrons. The summed E-state index contributed by atoms with van der Waals surface area (Å²) in [5, 5.41) is 3.14. The van der Waals surface area contributed by atoms with Gasteiger partial charge in [0.05, 0.1) is 0 Å². The monoisotopic (exact) mass is 316 g/mol. The SMILES string of the molecule is Cc1ccc(CCCC(=O)NC2CCC(N)CC2)s1.Cl. The third-order valence-electron chi connectivity index (χ3n) is 3.76. The molecule has 0 unspecified atom stereocenters. The summed E-state index contributed by atoms with van der Waals surface area (Å²) >= 11 is 1.83. The molecule has 3 nitrogen and oxygen atoms in total. The third-order valence-corrected chi connectivity index (χ3v) is 4.82. The fourth-order valence-electron chi connectivity index (χ4n) is 2.61. The maximum absolute atomic E-state index is 11.8. The van der Waals surface area contributed by atoms with Crippen LogP contribution in [0.25, 0.3) is 0 Å². The topological polar surface area (TPSA) is 55.1 Å². The largest absolute Gasteiger partial charge is 0.353 e. The molecule has 1 saturated carbocycles. The van der Waals surface area contributed by atoms with Crippen LogP contribution in [0.15, 0.2) is 12.1 Å². The minimum Gasteiger partial charge on any atom is -0.353 e. The first-order valence-corrected chi connectivity index (χ1v) is 8.05. The fraction of sp³-hybridized carbons (Fsp3) is 0.667. The summed E-state index contributed by atoms with van der Waals surface area (Å²) in [5.74, 6) is 0.203. The second-order valence-electron chi connectivity index (χ2n) is 5.55. The van der Waals surface area contributed by atoms with Crippen LogP contribution in [-0.4, -0.2) is 18.0 Å². The number of amides is 1. The number of aryl methyl sites for hydroxylation is 2. The molecule has 2 rings (SSSR count). The highest BCUT2D eigenvalue weighted by Crippen LogP contribution is 2.18. The molecular formula is C15H25ClN2OS. The standard InChI is InChI=1S/C15H24N2OS.ClH/c1-11-5-10-14(19-11)3-2-4-15(18)17-13-8-6-12(16)7-9-13;/h5,10,12-13H,2-4,6-9,16H2,1H3,(H,17,18);1H. The van der Waals surface area contributed by atoms with Crippen molar-refractivity contribution in [1.29, 1.82) is 0 Å². The van der Waals surface area contributed by atoms with Gasteiger partial charge in [-0.25, -0.2) is 0 Å². The van der Waals surface area contributed by atoms with Crippen molar-refractivity contribution in [3.8, 4) is 0 Å². The van der Waals surface area contributed by atoms with E-state index in [0.717, 1.165) is 38.5 Å². The van der Waals surface area contributed by atoms with E-state index in [2.05, 4.69) is 24.4 Å². The zero-order valence-electron chi connectivity index (χ0n) is 12.1. The number of halogens is 1. The third kappa shape index (κ3) is 5.81. The summed E-state index contributed by atoms with van der Waals surface area (Å²) in [5.41, 5.74) is 5.86. The number of hydrogen-bond donors (Lipinski definition) is 2. The average molecular weight is 317 g/mol. The molecule has 0 aliphatic heterocycles. The summed E-state index contributed by atoms with van der Waals surface area (Å²) in [6, 6.07) is 5.01. The molecule has 1 heterocycles. The first kappa shape index (κ1) is 17.5. The van der Waals surface area contributed by atoms with Crippen molar-refractivity contribution in [2.75, 3.05) is 0 Å². The molecular weight excluding hydrogens is 292 g/mol. The van der Waals surface area contributed by atoms with Crippen LogP contribution < -0.4 is 11.1 Å². The summed E-state index contributed by atoms with van der Waals surface area (Å²) in [4.78, 5) is 14.6. The van der Waals surface area contributed by atoms with Gasteiger partial charge in [-0.15, -0.1) is 23.7 Å². The van der Waals surface area contributed by atoms with Gasteiger partial charge >= 0.3 is 0 Å². The molecule has 0 spiro atoms. The number of hydrogen-bond acceptors (Lipinski definition) is 3. The lowest BCUT2D eigenvalue weighted by Crippen LogP contribution is -2.40. The van der Waals surface area contributed by atoms with Crippen molar-refractivity contribution in [1.82, 2.24) is 5.32 Å². The maximum atomic E-state index is 11.8. The van der Waals surface area contributed by atoms with Crippen molar-refractivity contribution >= 4 is 29.7 Å². The number of nitrogens with one attached hydrogen (secondary N) is 1. The van der Waals surface area contributed by atoms with Crippen LogP contribution in [0.2, 0.25) is 0 Å². The van der Waals surface area contributed by atoms with Crippen LogP contribution >= 0.6 is 23.7 Å². The molecule has 3 N–H and O–H groups in total. The highest BCUT2D eigenvalue weighted by Gasteiger charge is 2.19. The molecule has 1 aromatic rings. The van der Waals surface area contributed by atoms with E-state index in [0.29, 0.717) is 18.5 Å². The van der Waals surface area contributed by atoms with Crippen LogP contribution in [0, 0.1) is 6.92 Å². The summed E-state index contributed by atoms with van der Waals surface area (Å²) in [6.45, 7) is 2.12. The first-order chi connectivity index (χ1) is 9.13. The van der Waals surface area contributed by atoms with Gasteiger partial charge in [-0.2, -0.15) is 0 Å². The Morgan fingerprint density at radius 3 is 2.65 bits per heavy atom. The van der Waals surface area contributed by atoms with E-state index >= 15 is 0 Å². The van der Waals surface area contributed by atoms with E-state index in [4.69, 9.17) is 5.73 Å². The van der Waals surface area contributed by atoms with E-state index < -0.39 is 0 Å². The Morgan fingerprint density at radius 1 is 1.35 bits per heavy atom. The zero-order valence-corrected chi connectivity index (χ0v) is 13.7. The summed E-state index contributed by atoms with van der Waals surface area (Å²) in [6.07, 6.45) is 6.76. The van der Waals surface area contributed by atoms with Gasteiger partial charge in [0.2, 0.25) is 5.91 Å². The van der Waals surface area contributed by atoms with Gasteiger partial charge in [0.15, 0.2) is 0 Å². The Labute approximate surface area is 131 Å². The van der Waals surface area contributed by atoms with Crippen LogP contribution in [0.4, 0.5) is 0 Å². The van der Waals surface area contributed by atoms with E-state index in [1.54, 1.807) is 0 Å². The number of rotatable bonds is 5. The molecule has 1 aliphatic carbocycles. The number of carbonyl (C=O) groups is 1. The molecule has 20 heavy (non-hydrogen) atoms. The highest BCUT2D eigenvalue weighted by atomic mass is 35.5. The lowest BCUT2D eigenvalue weighted by molar-refractivity contribution is -0.122. The molecule has 1 aliphatic rings. The lowest BCUT2D eigenvalue weighted by atomic mass is 9.92. The van der Waals surface area contributed by atoms with Crippen molar-refractivity contribution < 1.29 is 4.79 Å². The molecule has 0 aromatic carbocycles. The number of thiophene rings is 1. The predicted molar refractivity (Wildman–Crippen MR) is 87.6 cm³/mol. The normalized spacial score (nSPS) is 22.1. The van der Waals surface area contributed by atoms with Crippen LogP contribution in [0.5, 0.6) is 0 Å². The van der Waals surface area contributed by atoms with Gasteiger partial charge in [0, 0.05) is 28.3 Å². The van der Waals surface area contributed by atoms with Gasteiger partial charge in [0.1, 0.15) is 0 Å². The molecule has 1 fully saturated rings. The van der Waals surface area contributed by atoms with Crippen molar-refractivity contribution in [2.24, 2.45) is 5.73 Å². The zero-order chi connectivity index (χ0) is 13.7. The smallest absolute Gasteiger partial charge is 0.220 e. The quantitative estimate of drug-likeness (QED) is 0.876. The van der Waals surface area contributed by atoms with E-state index in [-0.39, 0.29) is 18.3 Å². The maximum Gasteiger partial charge on any atom is 0.220 e. The Morgan fingerprint density at radius 2 is 2.05 bits per heavy atom. The highest BCUT2D eigenvalue weighted by molar-refractivity contribution is 7.11. The van der Waals surface area contributed by atoms with Gasteiger partial charge < -0.3 is 11.1 Å². The van der Waals surface area contributed by atoms with Gasteiger partial charge in [0.25, 0.3) is 0 Å². The minimum absolute atomic E-state index is 0. The predicted octanol–water partition coefficient (Wildman–Crippen LogP) is 3.19. The van der Waals surface area contributed by atoms with Crippen molar-refractivity contribution in [3.63, 3.8) is 0 Å².